The molecule has 2 aromatic rings. The number of rotatable bonds is 3. The normalized spacial score (nSPS) is 23.0. The topological polar surface area (TPSA) is 32.7 Å². The lowest BCUT2D eigenvalue weighted by atomic mass is 9.85. The Bertz CT molecular complexity index is 639. The van der Waals surface area contributed by atoms with Gasteiger partial charge in [-0.3, -0.25) is 4.90 Å². The summed E-state index contributed by atoms with van der Waals surface area (Å²) in [6.07, 6.45) is -0.561. The molecule has 3 heteroatoms. The number of nitrogens with zero attached hydrogens (tertiary/aromatic N) is 1. The molecule has 2 unspecified atom stereocenters. The van der Waals surface area contributed by atoms with Gasteiger partial charge >= 0.3 is 0 Å². The first-order valence-corrected chi connectivity index (χ1v) is 7.69. The number of para-hydroxylation sites is 1. The van der Waals surface area contributed by atoms with Crippen LogP contribution in [0.5, 0.6) is 5.75 Å². The summed E-state index contributed by atoms with van der Waals surface area (Å²) in [5.74, 6) is 0.782. The van der Waals surface area contributed by atoms with Gasteiger partial charge < -0.3 is 9.84 Å². The molecule has 0 fully saturated rings. The second kappa shape index (κ2) is 5.75. The van der Waals surface area contributed by atoms with Crippen LogP contribution in [0.25, 0.3) is 0 Å². The van der Waals surface area contributed by atoms with E-state index in [2.05, 4.69) is 17.0 Å². The molecule has 3 rings (SSSR count). The van der Waals surface area contributed by atoms with Gasteiger partial charge in [-0.1, -0.05) is 48.5 Å². The lowest BCUT2D eigenvalue weighted by Gasteiger charge is -2.47. The largest absolute Gasteiger partial charge is 0.486 e. The maximum Gasteiger partial charge on any atom is 0.126 e. The molecular weight excluding hydrogens is 274 g/mol. The molecule has 116 valence electrons. The van der Waals surface area contributed by atoms with Crippen LogP contribution in [0.4, 0.5) is 0 Å². The maximum absolute atomic E-state index is 10.9. The standard InChI is InChI=1S/C19H23NO2/c1-19(2)18(20(3)13-14-9-5-4-6-10-14)17(21)15-11-7-8-12-16(15)22-19/h4-12,17-18,21H,13H2,1-3H3. The van der Waals surface area contributed by atoms with Gasteiger partial charge in [0.15, 0.2) is 0 Å². The summed E-state index contributed by atoms with van der Waals surface area (Å²) in [4.78, 5) is 2.18. The predicted octanol–water partition coefficient (Wildman–Crippen LogP) is 3.39. The Morgan fingerprint density at radius 1 is 1.05 bits per heavy atom. The van der Waals surface area contributed by atoms with E-state index in [-0.39, 0.29) is 6.04 Å². The molecule has 1 aliphatic heterocycles. The Kier molecular flexibility index (Phi) is 3.94. The fraction of sp³-hybridized carbons (Fsp3) is 0.368. The number of aliphatic hydroxyl groups is 1. The van der Waals surface area contributed by atoms with E-state index in [1.165, 1.54) is 5.56 Å². The summed E-state index contributed by atoms with van der Waals surface area (Å²) in [5.41, 5.74) is 1.63. The second-order valence-electron chi connectivity index (χ2n) is 6.53. The Hall–Kier alpha value is -1.84. The van der Waals surface area contributed by atoms with Crippen molar-refractivity contribution in [2.75, 3.05) is 7.05 Å². The lowest BCUT2D eigenvalue weighted by molar-refractivity contribution is -0.0773. The Morgan fingerprint density at radius 2 is 1.68 bits per heavy atom. The molecule has 22 heavy (non-hydrogen) atoms. The van der Waals surface area contributed by atoms with Gasteiger partial charge in [0, 0.05) is 12.1 Å². The molecule has 0 radical (unpaired) electrons. The molecule has 0 saturated carbocycles. The molecular formula is C19H23NO2. The fourth-order valence-electron chi connectivity index (χ4n) is 3.45. The van der Waals surface area contributed by atoms with Crippen molar-refractivity contribution in [3.05, 3.63) is 65.7 Å². The zero-order chi connectivity index (χ0) is 15.7. The lowest BCUT2D eigenvalue weighted by Crippen LogP contribution is -2.56. The van der Waals surface area contributed by atoms with Crippen LogP contribution in [-0.2, 0) is 6.54 Å². The van der Waals surface area contributed by atoms with Gasteiger partial charge in [-0.2, -0.15) is 0 Å². The minimum absolute atomic E-state index is 0.109. The van der Waals surface area contributed by atoms with Gasteiger partial charge in [-0.15, -0.1) is 0 Å². The molecule has 0 aliphatic carbocycles. The number of hydrogen-bond acceptors (Lipinski definition) is 3. The highest BCUT2D eigenvalue weighted by molar-refractivity contribution is 5.39. The van der Waals surface area contributed by atoms with Crippen molar-refractivity contribution in [3.63, 3.8) is 0 Å². The van der Waals surface area contributed by atoms with Crippen molar-refractivity contribution >= 4 is 0 Å². The van der Waals surface area contributed by atoms with Gasteiger partial charge in [-0.25, -0.2) is 0 Å². The van der Waals surface area contributed by atoms with Gasteiger partial charge in [0.1, 0.15) is 17.5 Å². The van der Waals surface area contributed by atoms with Crippen LogP contribution in [-0.4, -0.2) is 28.7 Å². The number of ether oxygens (including phenoxy) is 1. The van der Waals surface area contributed by atoms with E-state index in [0.29, 0.717) is 0 Å². The number of hydrogen-bond donors (Lipinski definition) is 1. The number of aliphatic hydroxyl groups excluding tert-OH is 1. The first-order valence-electron chi connectivity index (χ1n) is 7.69. The molecule has 2 aromatic carbocycles. The average molecular weight is 297 g/mol. The van der Waals surface area contributed by atoms with E-state index in [0.717, 1.165) is 17.9 Å². The van der Waals surface area contributed by atoms with E-state index >= 15 is 0 Å². The van der Waals surface area contributed by atoms with E-state index in [9.17, 15) is 5.11 Å². The molecule has 1 aliphatic rings. The summed E-state index contributed by atoms with van der Waals surface area (Å²) in [6, 6.07) is 17.9. The van der Waals surface area contributed by atoms with Crippen molar-refractivity contribution < 1.29 is 9.84 Å². The molecule has 1 heterocycles. The minimum atomic E-state index is -0.561. The molecule has 0 amide bonds. The smallest absolute Gasteiger partial charge is 0.126 e. The third kappa shape index (κ3) is 2.74. The summed E-state index contributed by atoms with van der Waals surface area (Å²) < 4.78 is 6.16. The minimum Gasteiger partial charge on any atom is -0.486 e. The van der Waals surface area contributed by atoms with Crippen molar-refractivity contribution in [1.82, 2.24) is 4.90 Å². The highest BCUT2D eigenvalue weighted by Crippen LogP contribution is 2.41. The van der Waals surface area contributed by atoms with Crippen LogP contribution in [0, 0.1) is 0 Å². The zero-order valence-corrected chi connectivity index (χ0v) is 13.4. The SMILES string of the molecule is CN(Cc1ccccc1)C1C(O)c2ccccc2OC1(C)C. The number of fused-ring (bicyclic) bond motifs is 1. The number of benzene rings is 2. The quantitative estimate of drug-likeness (QED) is 0.942. The molecule has 0 bridgehead atoms. The number of likely N-dealkylation sites (N-methyl/N-ethyl adjacent to an activating group) is 1. The van der Waals surface area contributed by atoms with Crippen molar-refractivity contribution in [2.45, 2.75) is 38.1 Å². The molecule has 1 N–H and O–H groups in total. The molecule has 0 aromatic heterocycles. The zero-order valence-electron chi connectivity index (χ0n) is 13.4. The monoisotopic (exact) mass is 297 g/mol. The Balaban J connectivity index is 1.89. The van der Waals surface area contributed by atoms with Gasteiger partial charge in [0.2, 0.25) is 0 Å². The van der Waals surface area contributed by atoms with Crippen LogP contribution < -0.4 is 4.74 Å². The van der Waals surface area contributed by atoms with E-state index in [1.807, 2.05) is 63.4 Å². The van der Waals surface area contributed by atoms with Gasteiger partial charge in [0.25, 0.3) is 0 Å². The van der Waals surface area contributed by atoms with Gasteiger partial charge in [-0.05, 0) is 32.5 Å². The van der Waals surface area contributed by atoms with Crippen LogP contribution in [0.1, 0.15) is 31.1 Å². The first-order chi connectivity index (χ1) is 10.5. The van der Waals surface area contributed by atoms with Gasteiger partial charge in [0.05, 0.1) is 6.04 Å². The van der Waals surface area contributed by atoms with Crippen LogP contribution in [0.2, 0.25) is 0 Å². The Morgan fingerprint density at radius 3 is 2.41 bits per heavy atom. The average Bonchev–Trinajstić information content (AvgIpc) is 2.47. The van der Waals surface area contributed by atoms with Crippen molar-refractivity contribution in [3.8, 4) is 5.75 Å². The molecule has 3 nitrogen and oxygen atoms in total. The highest BCUT2D eigenvalue weighted by Gasteiger charge is 2.45. The summed E-state index contributed by atoms with van der Waals surface area (Å²) in [7, 11) is 2.04. The predicted molar refractivity (Wildman–Crippen MR) is 87.8 cm³/mol. The van der Waals surface area contributed by atoms with Crippen LogP contribution >= 0.6 is 0 Å². The summed E-state index contributed by atoms with van der Waals surface area (Å²) in [5, 5.41) is 10.9. The van der Waals surface area contributed by atoms with Crippen LogP contribution in [0.15, 0.2) is 54.6 Å². The van der Waals surface area contributed by atoms with Crippen molar-refractivity contribution in [2.24, 2.45) is 0 Å². The van der Waals surface area contributed by atoms with E-state index in [4.69, 9.17) is 4.74 Å². The third-order valence-corrected chi connectivity index (χ3v) is 4.37. The summed E-state index contributed by atoms with van der Waals surface area (Å²) >= 11 is 0. The van der Waals surface area contributed by atoms with Crippen molar-refractivity contribution in [1.29, 1.82) is 0 Å². The third-order valence-electron chi connectivity index (χ3n) is 4.37. The van der Waals surface area contributed by atoms with Crippen LogP contribution in [0.3, 0.4) is 0 Å². The highest BCUT2D eigenvalue weighted by atomic mass is 16.5. The fourth-order valence-corrected chi connectivity index (χ4v) is 3.45. The molecule has 0 spiro atoms. The molecule has 2 atom stereocenters. The van der Waals surface area contributed by atoms with E-state index < -0.39 is 11.7 Å². The second-order valence-corrected chi connectivity index (χ2v) is 6.53. The Labute approximate surface area is 132 Å². The van der Waals surface area contributed by atoms with E-state index in [1.54, 1.807) is 0 Å². The maximum atomic E-state index is 10.9. The molecule has 0 saturated heterocycles. The first kappa shape index (κ1) is 15.1. The summed E-state index contributed by atoms with van der Waals surface area (Å²) in [6.45, 7) is 4.86.